The molecule has 0 aliphatic heterocycles. The van der Waals surface area contributed by atoms with E-state index in [-0.39, 0.29) is 17.4 Å². The number of aliphatic hydroxyl groups is 1. The van der Waals surface area contributed by atoms with Gasteiger partial charge >= 0.3 is 0 Å². The SMILES string of the molecule is CC[C@H](O)c1nc(-c2ccc(N)c(F)c2)no1. The van der Waals surface area contributed by atoms with Crippen LogP contribution >= 0.6 is 0 Å². The van der Waals surface area contributed by atoms with E-state index in [2.05, 4.69) is 10.1 Å². The second-order valence-corrected chi connectivity index (χ2v) is 3.62. The van der Waals surface area contributed by atoms with Gasteiger partial charge in [0, 0.05) is 5.56 Å². The van der Waals surface area contributed by atoms with Crippen molar-refractivity contribution in [2.75, 3.05) is 5.73 Å². The third-order valence-electron chi connectivity index (χ3n) is 2.37. The van der Waals surface area contributed by atoms with Gasteiger partial charge in [-0.3, -0.25) is 0 Å². The molecule has 1 aromatic carbocycles. The zero-order valence-corrected chi connectivity index (χ0v) is 9.22. The van der Waals surface area contributed by atoms with E-state index in [1.54, 1.807) is 13.0 Å². The van der Waals surface area contributed by atoms with Gasteiger partial charge in [0.2, 0.25) is 5.82 Å². The van der Waals surface area contributed by atoms with Crippen molar-refractivity contribution in [1.82, 2.24) is 10.1 Å². The van der Waals surface area contributed by atoms with Crippen LogP contribution in [0.15, 0.2) is 22.7 Å². The lowest BCUT2D eigenvalue weighted by molar-refractivity contribution is 0.130. The molecule has 2 aromatic rings. The number of nitrogen functional groups attached to an aromatic ring is 1. The Morgan fingerprint density at radius 2 is 2.29 bits per heavy atom. The Bertz CT molecular complexity index is 527. The monoisotopic (exact) mass is 237 g/mol. The summed E-state index contributed by atoms with van der Waals surface area (Å²) in [6, 6.07) is 4.24. The van der Waals surface area contributed by atoms with Crippen molar-refractivity contribution < 1.29 is 14.0 Å². The summed E-state index contributed by atoms with van der Waals surface area (Å²) in [7, 11) is 0. The molecular formula is C11H12FN3O2. The number of hydrogen-bond donors (Lipinski definition) is 2. The molecule has 90 valence electrons. The lowest BCUT2D eigenvalue weighted by Crippen LogP contribution is -1.95. The number of rotatable bonds is 3. The fraction of sp³-hybridized carbons (Fsp3) is 0.273. The van der Waals surface area contributed by atoms with Crippen LogP contribution in [0, 0.1) is 5.82 Å². The van der Waals surface area contributed by atoms with E-state index in [0.717, 1.165) is 0 Å². The van der Waals surface area contributed by atoms with Crippen LogP contribution in [0.4, 0.5) is 10.1 Å². The molecule has 0 aliphatic carbocycles. The topological polar surface area (TPSA) is 85.2 Å². The minimum absolute atomic E-state index is 0.0612. The molecule has 1 aromatic heterocycles. The fourth-order valence-electron chi connectivity index (χ4n) is 1.33. The molecular weight excluding hydrogens is 225 g/mol. The van der Waals surface area contributed by atoms with Crippen molar-refractivity contribution in [3.63, 3.8) is 0 Å². The fourth-order valence-corrected chi connectivity index (χ4v) is 1.33. The van der Waals surface area contributed by atoms with E-state index in [9.17, 15) is 9.50 Å². The molecule has 6 heteroatoms. The Hall–Kier alpha value is -1.95. The van der Waals surface area contributed by atoms with Crippen molar-refractivity contribution in [1.29, 1.82) is 0 Å². The van der Waals surface area contributed by atoms with Crippen molar-refractivity contribution >= 4 is 5.69 Å². The number of aliphatic hydroxyl groups excluding tert-OH is 1. The largest absolute Gasteiger partial charge is 0.396 e. The maximum atomic E-state index is 13.2. The predicted molar refractivity (Wildman–Crippen MR) is 59.4 cm³/mol. The summed E-state index contributed by atoms with van der Waals surface area (Å²) >= 11 is 0. The second kappa shape index (κ2) is 4.50. The molecule has 2 rings (SSSR count). The molecule has 1 atom stereocenters. The molecule has 0 amide bonds. The standard InChI is InChI=1S/C11H12FN3O2/c1-2-9(16)11-14-10(15-17-11)6-3-4-8(13)7(12)5-6/h3-5,9,16H,2,13H2,1H3/t9-/m0/s1. The van der Waals surface area contributed by atoms with E-state index < -0.39 is 11.9 Å². The Kier molecular flexibility index (Phi) is 3.06. The first-order chi connectivity index (χ1) is 8.11. The molecule has 1 heterocycles. The van der Waals surface area contributed by atoms with E-state index in [1.807, 2.05) is 0 Å². The average Bonchev–Trinajstić information content (AvgIpc) is 2.81. The Morgan fingerprint density at radius 3 is 2.94 bits per heavy atom. The highest BCUT2D eigenvalue weighted by molar-refractivity contribution is 5.58. The van der Waals surface area contributed by atoms with Crippen LogP contribution in [0.2, 0.25) is 0 Å². The summed E-state index contributed by atoms with van der Waals surface area (Å²) in [5.74, 6) is -0.184. The van der Waals surface area contributed by atoms with E-state index >= 15 is 0 Å². The Morgan fingerprint density at radius 1 is 1.53 bits per heavy atom. The second-order valence-electron chi connectivity index (χ2n) is 3.62. The molecule has 0 fully saturated rings. The van der Waals surface area contributed by atoms with E-state index in [1.165, 1.54) is 12.1 Å². The lowest BCUT2D eigenvalue weighted by atomic mass is 10.2. The van der Waals surface area contributed by atoms with Gasteiger partial charge in [0.05, 0.1) is 5.69 Å². The number of benzene rings is 1. The van der Waals surface area contributed by atoms with Gasteiger partial charge in [-0.2, -0.15) is 4.98 Å². The molecule has 17 heavy (non-hydrogen) atoms. The first-order valence-electron chi connectivity index (χ1n) is 5.19. The maximum absolute atomic E-state index is 13.2. The number of nitrogens with zero attached hydrogens (tertiary/aromatic N) is 2. The van der Waals surface area contributed by atoms with E-state index in [4.69, 9.17) is 10.3 Å². The third kappa shape index (κ3) is 2.26. The van der Waals surface area contributed by atoms with Crippen molar-refractivity contribution in [2.45, 2.75) is 19.4 Å². The maximum Gasteiger partial charge on any atom is 0.255 e. The molecule has 5 nitrogen and oxygen atoms in total. The first-order valence-corrected chi connectivity index (χ1v) is 5.19. The van der Waals surface area contributed by atoms with Crippen molar-refractivity contribution in [3.8, 4) is 11.4 Å². The normalized spacial score (nSPS) is 12.6. The summed E-state index contributed by atoms with van der Waals surface area (Å²) in [5, 5.41) is 13.2. The number of nitrogens with two attached hydrogens (primary N) is 1. The number of hydrogen-bond acceptors (Lipinski definition) is 5. The number of anilines is 1. The van der Waals surface area contributed by atoms with Gasteiger partial charge in [0.1, 0.15) is 11.9 Å². The summed E-state index contributed by atoms with van der Waals surface area (Å²) in [6.45, 7) is 1.79. The van der Waals surface area contributed by atoms with Crippen LogP contribution in [-0.2, 0) is 0 Å². The predicted octanol–water partition coefficient (Wildman–Crippen LogP) is 1.90. The van der Waals surface area contributed by atoms with Gasteiger partial charge in [-0.05, 0) is 24.6 Å². The number of halogens is 1. The average molecular weight is 237 g/mol. The summed E-state index contributed by atoms with van der Waals surface area (Å²) < 4.78 is 18.1. The van der Waals surface area contributed by atoms with Crippen molar-refractivity contribution in [3.05, 3.63) is 29.9 Å². The molecule has 0 spiro atoms. The molecule has 0 saturated carbocycles. The molecule has 3 N–H and O–H groups in total. The van der Waals surface area contributed by atoms with Crippen molar-refractivity contribution in [2.24, 2.45) is 0 Å². The van der Waals surface area contributed by atoms with Crippen LogP contribution in [-0.4, -0.2) is 15.2 Å². The van der Waals surface area contributed by atoms with Crippen LogP contribution in [0.5, 0.6) is 0 Å². The van der Waals surface area contributed by atoms with Gasteiger partial charge in [-0.15, -0.1) is 0 Å². The third-order valence-corrected chi connectivity index (χ3v) is 2.37. The van der Waals surface area contributed by atoms with Crippen LogP contribution in [0.25, 0.3) is 11.4 Å². The zero-order chi connectivity index (χ0) is 12.4. The summed E-state index contributed by atoms with van der Waals surface area (Å²) in [5.41, 5.74) is 5.88. The van der Waals surface area contributed by atoms with Crippen LogP contribution < -0.4 is 5.73 Å². The summed E-state index contributed by atoms with van der Waals surface area (Å²) in [6.07, 6.45) is -0.326. The first kappa shape index (κ1) is 11.5. The number of aromatic nitrogens is 2. The Labute approximate surface area is 97.1 Å². The highest BCUT2D eigenvalue weighted by Crippen LogP contribution is 2.22. The molecule has 0 saturated heterocycles. The Balaban J connectivity index is 2.33. The van der Waals surface area contributed by atoms with Crippen LogP contribution in [0.1, 0.15) is 25.3 Å². The molecule has 0 unspecified atom stereocenters. The quantitative estimate of drug-likeness (QED) is 0.796. The highest BCUT2D eigenvalue weighted by Gasteiger charge is 2.15. The molecule has 0 aliphatic rings. The molecule has 0 bridgehead atoms. The molecule has 0 radical (unpaired) electrons. The van der Waals surface area contributed by atoms with Gasteiger partial charge in [-0.25, -0.2) is 4.39 Å². The zero-order valence-electron chi connectivity index (χ0n) is 9.22. The van der Waals surface area contributed by atoms with Crippen LogP contribution in [0.3, 0.4) is 0 Å². The minimum Gasteiger partial charge on any atom is -0.396 e. The van der Waals surface area contributed by atoms with Gasteiger partial charge in [0.15, 0.2) is 0 Å². The minimum atomic E-state index is -0.796. The van der Waals surface area contributed by atoms with E-state index in [0.29, 0.717) is 12.0 Å². The van der Waals surface area contributed by atoms with Gasteiger partial charge in [-0.1, -0.05) is 12.1 Å². The highest BCUT2D eigenvalue weighted by atomic mass is 19.1. The smallest absolute Gasteiger partial charge is 0.255 e. The van der Waals surface area contributed by atoms with Gasteiger partial charge in [0.25, 0.3) is 5.89 Å². The summed E-state index contributed by atoms with van der Waals surface area (Å²) in [4.78, 5) is 3.99. The lowest BCUT2D eigenvalue weighted by Gasteiger charge is -1.99. The van der Waals surface area contributed by atoms with Gasteiger partial charge < -0.3 is 15.4 Å².